The molecule has 0 bridgehead atoms. The standard InChI is InChI=1S/C15H13F3N2O3/c1-20-10(8-4-5-8)7-9(14(21)22)13(20)12-11(3-2-6-19-12)23-15(16,17)18/h2-3,6-8H,4-5H2,1H3,(H,21,22). The Labute approximate surface area is 129 Å². The van der Waals surface area contributed by atoms with Crippen LogP contribution in [0.15, 0.2) is 24.4 Å². The van der Waals surface area contributed by atoms with Crippen LogP contribution in [-0.2, 0) is 7.05 Å². The van der Waals surface area contributed by atoms with Gasteiger partial charge in [0.25, 0.3) is 0 Å². The fourth-order valence-corrected chi connectivity index (χ4v) is 2.62. The molecule has 0 aliphatic heterocycles. The molecule has 0 atom stereocenters. The largest absolute Gasteiger partial charge is 0.573 e. The van der Waals surface area contributed by atoms with E-state index in [1.165, 1.54) is 18.3 Å². The highest BCUT2D eigenvalue weighted by Gasteiger charge is 2.35. The van der Waals surface area contributed by atoms with E-state index in [2.05, 4.69) is 9.72 Å². The highest BCUT2D eigenvalue weighted by Crippen LogP contribution is 2.44. The molecule has 1 aliphatic rings. The van der Waals surface area contributed by atoms with Gasteiger partial charge in [0.1, 0.15) is 5.69 Å². The summed E-state index contributed by atoms with van der Waals surface area (Å²) >= 11 is 0. The van der Waals surface area contributed by atoms with E-state index < -0.39 is 18.1 Å². The molecule has 0 radical (unpaired) electrons. The van der Waals surface area contributed by atoms with Gasteiger partial charge in [-0.05, 0) is 37.0 Å². The van der Waals surface area contributed by atoms with Crippen LogP contribution in [0, 0.1) is 0 Å². The van der Waals surface area contributed by atoms with Crippen molar-refractivity contribution >= 4 is 5.97 Å². The molecule has 1 aliphatic carbocycles. The Morgan fingerprint density at radius 3 is 2.70 bits per heavy atom. The molecule has 1 saturated carbocycles. The summed E-state index contributed by atoms with van der Waals surface area (Å²) < 4.78 is 43.3. The first-order valence-electron chi connectivity index (χ1n) is 6.92. The summed E-state index contributed by atoms with van der Waals surface area (Å²) in [4.78, 5) is 15.4. The van der Waals surface area contributed by atoms with Gasteiger partial charge in [-0.25, -0.2) is 4.79 Å². The molecule has 2 aromatic heterocycles. The number of nitrogens with zero attached hydrogens (tertiary/aromatic N) is 2. The fourth-order valence-electron chi connectivity index (χ4n) is 2.62. The molecule has 5 nitrogen and oxygen atoms in total. The van der Waals surface area contributed by atoms with Crippen molar-refractivity contribution in [2.75, 3.05) is 0 Å². The number of carboxylic acid groups (broad SMARTS) is 1. The second-order valence-electron chi connectivity index (χ2n) is 5.37. The van der Waals surface area contributed by atoms with Crippen molar-refractivity contribution in [3.63, 3.8) is 0 Å². The summed E-state index contributed by atoms with van der Waals surface area (Å²) in [5.74, 6) is -1.50. The molecule has 0 saturated heterocycles. The summed E-state index contributed by atoms with van der Waals surface area (Å²) in [5.41, 5.74) is 0.664. The maximum absolute atomic E-state index is 12.6. The van der Waals surface area contributed by atoms with Crippen molar-refractivity contribution in [1.82, 2.24) is 9.55 Å². The number of aromatic nitrogens is 2. The number of pyridine rings is 1. The molecule has 1 N–H and O–H groups in total. The molecule has 8 heteroatoms. The molecule has 1 fully saturated rings. The molecule has 2 heterocycles. The number of alkyl halides is 3. The number of hydrogen-bond acceptors (Lipinski definition) is 3. The summed E-state index contributed by atoms with van der Waals surface area (Å²) in [6, 6.07) is 3.92. The van der Waals surface area contributed by atoms with Crippen LogP contribution in [0.25, 0.3) is 11.4 Å². The number of hydrogen-bond donors (Lipinski definition) is 1. The maximum atomic E-state index is 12.6. The number of ether oxygens (including phenoxy) is 1. The molecule has 0 amide bonds. The highest BCUT2D eigenvalue weighted by molar-refractivity contribution is 5.96. The quantitative estimate of drug-likeness (QED) is 0.933. The fraction of sp³-hybridized carbons (Fsp3) is 0.333. The zero-order valence-electron chi connectivity index (χ0n) is 12.1. The van der Waals surface area contributed by atoms with Gasteiger partial charge in [-0.1, -0.05) is 0 Å². The van der Waals surface area contributed by atoms with E-state index in [0.29, 0.717) is 0 Å². The van der Waals surface area contributed by atoms with E-state index in [4.69, 9.17) is 0 Å². The summed E-state index contributed by atoms with van der Waals surface area (Å²) in [5, 5.41) is 9.39. The summed E-state index contributed by atoms with van der Waals surface area (Å²) in [7, 11) is 1.63. The normalized spacial score (nSPS) is 14.8. The Morgan fingerprint density at radius 2 is 2.13 bits per heavy atom. The first-order chi connectivity index (χ1) is 10.8. The van der Waals surface area contributed by atoms with Crippen LogP contribution in [0.2, 0.25) is 0 Å². The Morgan fingerprint density at radius 1 is 1.43 bits per heavy atom. The topological polar surface area (TPSA) is 64.4 Å². The van der Waals surface area contributed by atoms with E-state index in [9.17, 15) is 23.1 Å². The molecule has 122 valence electrons. The SMILES string of the molecule is Cn1c(C2CC2)cc(C(=O)O)c1-c1ncccc1OC(F)(F)F. The number of rotatable bonds is 4. The van der Waals surface area contributed by atoms with Crippen LogP contribution in [0.1, 0.15) is 34.8 Å². The number of carbonyl (C=O) groups is 1. The highest BCUT2D eigenvalue weighted by atomic mass is 19.4. The van der Waals surface area contributed by atoms with Crippen LogP contribution < -0.4 is 4.74 Å². The molecule has 23 heavy (non-hydrogen) atoms. The number of carboxylic acids is 1. The minimum absolute atomic E-state index is 0.0832. The van der Waals surface area contributed by atoms with Gasteiger partial charge >= 0.3 is 12.3 Å². The smallest absolute Gasteiger partial charge is 0.478 e. The van der Waals surface area contributed by atoms with Crippen LogP contribution >= 0.6 is 0 Å². The minimum atomic E-state index is -4.88. The van der Waals surface area contributed by atoms with Gasteiger partial charge in [0.15, 0.2) is 5.75 Å². The monoisotopic (exact) mass is 326 g/mol. The number of aromatic carboxylic acids is 1. The van der Waals surface area contributed by atoms with Crippen LogP contribution in [0.3, 0.4) is 0 Å². The summed E-state index contributed by atoms with van der Waals surface area (Å²) in [6.45, 7) is 0. The lowest BCUT2D eigenvalue weighted by molar-refractivity contribution is -0.274. The van der Waals surface area contributed by atoms with Gasteiger partial charge < -0.3 is 14.4 Å². The van der Waals surface area contributed by atoms with E-state index in [1.54, 1.807) is 11.6 Å². The van der Waals surface area contributed by atoms with Gasteiger partial charge in [0.05, 0.1) is 11.3 Å². The third kappa shape index (κ3) is 3.01. The van der Waals surface area contributed by atoms with Gasteiger partial charge in [-0.15, -0.1) is 13.2 Å². The summed E-state index contributed by atoms with van der Waals surface area (Å²) in [6.07, 6.45) is -1.71. The van der Waals surface area contributed by atoms with Gasteiger partial charge in [0.2, 0.25) is 0 Å². The van der Waals surface area contributed by atoms with Crippen molar-refractivity contribution < 1.29 is 27.8 Å². The van der Waals surface area contributed by atoms with Crippen molar-refractivity contribution in [2.45, 2.75) is 25.1 Å². The van der Waals surface area contributed by atoms with Crippen molar-refractivity contribution in [2.24, 2.45) is 7.05 Å². The number of halogens is 3. The molecule has 0 aromatic carbocycles. The van der Waals surface area contributed by atoms with Gasteiger partial charge in [-0.2, -0.15) is 0 Å². The van der Waals surface area contributed by atoms with Crippen LogP contribution in [0.4, 0.5) is 13.2 Å². The van der Waals surface area contributed by atoms with E-state index >= 15 is 0 Å². The van der Waals surface area contributed by atoms with Crippen molar-refractivity contribution in [1.29, 1.82) is 0 Å². The second kappa shape index (κ2) is 5.29. The van der Waals surface area contributed by atoms with Crippen molar-refractivity contribution in [3.8, 4) is 17.1 Å². The van der Waals surface area contributed by atoms with Gasteiger partial charge in [0, 0.05) is 18.9 Å². The van der Waals surface area contributed by atoms with Crippen LogP contribution in [-0.4, -0.2) is 27.0 Å². The molecular weight excluding hydrogens is 313 g/mol. The molecule has 0 unspecified atom stereocenters. The first kappa shape index (κ1) is 15.4. The van der Waals surface area contributed by atoms with Crippen molar-refractivity contribution in [3.05, 3.63) is 35.7 Å². The molecular formula is C15H13F3N2O3. The predicted molar refractivity (Wildman–Crippen MR) is 74.3 cm³/mol. The molecule has 3 rings (SSSR count). The van der Waals surface area contributed by atoms with E-state index in [0.717, 1.165) is 24.6 Å². The Kier molecular flexibility index (Phi) is 3.54. The molecule has 0 spiro atoms. The third-order valence-electron chi connectivity index (χ3n) is 3.72. The predicted octanol–water partition coefficient (Wildman–Crippen LogP) is 3.56. The average Bonchev–Trinajstić information content (AvgIpc) is 3.22. The lowest BCUT2D eigenvalue weighted by Gasteiger charge is -2.14. The Hall–Kier alpha value is -2.51. The van der Waals surface area contributed by atoms with E-state index in [-0.39, 0.29) is 22.9 Å². The zero-order chi connectivity index (χ0) is 16.8. The Bertz CT molecular complexity index is 764. The van der Waals surface area contributed by atoms with Gasteiger partial charge in [-0.3, -0.25) is 4.98 Å². The molecule has 2 aromatic rings. The lowest BCUT2D eigenvalue weighted by atomic mass is 10.1. The lowest BCUT2D eigenvalue weighted by Crippen LogP contribution is -2.18. The van der Waals surface area contributed by atoms with Crippen LogP contribution in [0.5, 0.6) is 5.75 Å². The Balaban J connectivity index is 2.17. The minimum Gasteiger partial charge on any atom is -0.478 e. The van der Waals surface area contributed by atoms with E-state index in [1.807, 2.05) is 0 Å². The zero-order valence-corrected chi connectivity index (χ0v) is 12.1. The average molecular weight is 326 g/mol. The maximum Gasteiger partial charge on any atom is 0.573 e. The second-order valence-corrected chi connectivity index (χ2v) is 5.37. The first-order valence-corrected chi connectivity index (χ1v) is 6.92. The third-order valence-corrected chi connectivity index (χ3v) is 3.72.